The molecule has 4 aliphatic rings. The van der Waals surface area contributed by atoms with Gasteiger partial charge in [-0.15, -0.1) is 0 Å². The summed E-state index contributed by atoms with van der Waals surface area (Å²) >= 11 is 0. The third-order valence-corrected chi connectivity index (χ3v) is 6.68. The van der Waals surface area contributed by atoms with Gasteiger partial charge in [0.15, 0.2) is 5.82 Å². The first-order chi connectivity index (χ1) is 12.6. The van der Waals surface area contributed by atoms with E-state index in [9.17, 15) is 10.2 Å². The summed E-state index contributed by atoms with van der Waals surface area (Å²) in [5.74, 6) is 2.96. The first-order valence-electron chi connectivity index (χ1n) is 9.74. The quantitative estimate of drug-likeness (QED) is 0.860. The number of pyridine rings is 1. The van der Waals surface area contributed by atoms with Crippen molar-refractivity contribution in [3.05, 3.63) is 30.4 Å². The van der Waals surface area contributed by atoms with Crippen molar-refractivity contribution in [2.75, 3.05) is 6.61 Å². The molecular formula is C20H26N4O2. The Labute approximate surface area is 153 Å². The van der Waals surface area contributed by atoms with E-state index < -0.39 is 5.60 Å². The second-order valence-electron chi connectivity index (χ2n) is 8.90. The molecule has 0 aromatic carbocycles. The molecular weight excluding hydrogens is 328 g/mol. The molecule has 2 aromatic rings. The maximum Gasteiger partial charge on any atom is 0.181 e. The Morgan fingerprint density at radius 2 is 1.85 bits per heavy atom. The molecule has 4 saturated carbocycles. The number of aliphatic hydroxyl groups excluding tert-OH is 1. The molecule has 0 aliphatic heterocycles. The molecule has 2 atom stereocenters. The van der Waals surface area contributed by atoms with E-state index in [0.717, 1.165) is 37.1 Å². The molecule has 0 radical (unpaired) electrons. The maximum absolute atomic E-state index is 11.0. The molecule has 26 heavy (non-hydrogen) atoms. The Balaban J connectivity index is 1.47. The van der Waals surface area contributed by atoms with Gasteiger partial charge in [0.25, 0.3) is 0 Å². The molecule has 0 saturated heterocycles. The smallest absolute Gasteiger partial charge is 0.181 e. The van der Waals surface area contributed by atoms with E-state index in [-0.39, 0.29) is 12.0 Å². The molecule has 2 aromatic heterocycles. The summed E-state index contributed by atoms with van der Waals surface area (Å²) in [5, 5.41) is 25.1. The summed E-state index contributed by atoms with van der Waals surface area (Å²) in [6, 6.07) is 3.83. The van der Waals surface area contributed by atoms with Gasteiger partial charge in [0, 0.05) is 24.4 Å². The van der Waals surface area contributed by atoms with Gasteiger partial charge in [-0.25, -0.2) is 9.67 Å². The van der Waals surface area contributed by atoms with E-state index >= 15 is 0 Å². The van der Waals surface area contributed by atoms with Crippen LogP contribution in [0.4, 0.5) is 0 Å². The average Bonchev–Trinajstić information content (AvgIpc) is 2.96. The molecule has 0 unspecified atom stereocenters. The fraction of sp³-hybridized carbons (Fsp3) is 0.650. The topological polar surface area (TPSA) is 84.1 Å². The van der Waals surface area contributed by atoms with Gasteiger partial charge in [0.05, 0.1) is 18.8 Å². The minimum Gasteiger partial charge on any atom is -0.394 e. The van der Waals surface area contributed by atoms with Crippen molar-refractivity contribution in [3.8, 4) is 11.4 Å². The van der Waals surface area contributed by atoms with Crippen LogP contribution in [-0.2, 0) is 13.0 Å². The lowest BCUT2D eigenvalue weighted by molar-refractivity contribution is -0.163. The van der Waals surface area contributed by atoms with E-state index in [0.29, 0.717) is 24.2 Å². The summed E-state index contributed by atoms with van der Waals surface area (Å²) in [6.45, 7) is 0.509. The molecule has 0 spiro atoms. The molecule has 6 nitrogen and oxygen atoms in total. The Bertz CT molecular complexity index is 789. The van der Waals surface area contributed by atoms with E-state index in [1.165, 1.54) is 19.3 Å². The monoisotopic (exact) mass is 354 g/mol. The van der Waals surface area contributed by atoms with E-state index in [4.69, 9.17) is 4.98 Å². The molecule has 0 amide bonds. The zero-order valence-electron chi connectivity index (χ0n) is 15.0. The van der Waals surface area contributed by atoms with Gasteiger partial charge in [0.1, 0.15) is 5.82 Å². The number of hydrogen-bond acceptors (Lipinski definition) is 5. The van der Waals surface area contributed by atoms with Crippen LogP contribution in [0.25, 0.3) is 11.4 Å². The van der Waals surface area contributed by atoms with Gasteiger partial charge in [-0.1, -0.05) is 0 Å². The van der Waals surface area contributed by atoms with Gasteiger partial charge in [-0.3, -0.25) is 4.98 Å². The first-order valence-corrected chi connectivity index (χ1v) is 9.74. The lowest BCUT2D eigenvalue weighted by atomic mass is 9.47. The molecule has 6 rings (SSSR count). The van der Waals surface area contributed by atoms with Gasteiger partial charge in [0.2, 0.25) is 0 Å². The number of nitrogens with zero attached hydrogens (tertiary/aromatic N) is 4. The summed E-state index contributed by atoms with van der Waals surface area (Å²) in [6.07, 6.45) is 10.9. The highest BCUT2D eigenvalue weighted by Crippen LogP contribution is 2.62. The van der Waals surface area contributed by atoms with Crippen molar-refractivity contribution in [1.82, 2.24) is 19.7 Å². The molecule has 4 fully saturated rings. The van der Waals surface area contributed by atoms with E-state index in [1.807, 2.05) is 16.8 Å². The maximum atomic E-state index is 11.0. The Morgan fingerprint density at radius 1 is 1.12 bits per heavy atom. The average molecular weight is 354 g/mol. The van der Waals surface area contributed by atoms with Gasteiger partial charge in [-0.05, 0) is 67.9 Å². The van der Waals surface area contributed by atoms with Crippen molar-refractivity contribution in [1.29, 1.82) is 0 Å². The van der Waals surface area contributed by atoms with Gasteiger partial charge in [-0.2, -0.15) is 5.10 Å². The minimum absolute atomic E-state index is 0.0499. The number of hydrogen-bond donors (Lipinski definition) is 2. The van der Waals surface area contributed by atoms with Gasteiger partial charge < -0.3 is 10.2 Å². The Kier molecular flexibility index (Phi) is 3.69. The second kappa shape index (κ2) is 5.86. The van der Waals surface area contributed by atoms with Crippen LogP contribution in [0.15, 0.2) is 24.5 Å². The van der Waals surface area contributed by atoms with Crippen molar-refractivity contribution in [2.45, 2.75) is 57.1 Å². The van der Waals surface area contributed by atoms with E-state index in [1.54, 1.807) is 12.4 Å². The van der Waals surface area contributed by atoms with Crippen LogP contribution < -0.4 is 0 Å². The Morgan fingerprint density at radius 3 is 2.50 bits per heavy atom. The zero-order valence-corrected chi connectivity index (χ0v) is 15.0. The highest BCUT2D eigenvalue weighted by molar-refractivity contribution is 5.53. The van der Waals surface area contributed by atoms with Crippen LogP contribution in [0, 0.1) is 17.3 Å². The molecule has 4 aliphatic carbocycles. The summed E-state index contributed by atoms with van der Waals surface area (Å²) in [5.41, 5.74) is 0.635. The second-order valence-corrected chi connectivity index (χ2v) is 8.90. The summed E-state index contributed by atoms with van der Waals surface area (Å²) in [4.78, 5) is 8.89. The lowest BCUT2D eigenvalue weighted by Gasteiger charge is -2.60. The molecule has 6 heteroatoms. The number of rotatable bonds is 5. The van der Waals surface area contributed by atoms with Crippen molar-refractivity contribution >= 4 is 0 Å². The van der Waals surface area contributed by atoms with E-state index in [2.05, 4.69) is 10.1 Å². The van der Waals surface area contributed by atoms with Gasteiger partial charge >= 0.3 is 0 Å². The normalized spacial score (nSPS) is 35.2. The van der Waals surface area contributed by atoms with Crippen LogP contribution in [0.2, 0.25) is 0 Å². The summed E-state index contributed by atoms with van der Waals surface area (Å²) < 4.78 is 1.86. The van der Waals surface area contributed by atoms with Crippen LogP contribution in [0.5, 0.6) is 0 Å². The number of aromatic nitrogens is 4. The lowest BCUT2D eigenvalue weighted by Crippen LogP contribution is -2.56. The molecule has 2 N–H and O–H groups in total. The van der Waals surface area contributed by atoms with Crippen LogP contribution in [-0.4, -0.2) is 42.2 Å². The zero-order chi connectivity index (χ0) is 17.8. The van der Waals surface area contributed by atoms with Crippen LogP contribution >= 0.6 is 0 Å². The largest absolute Gasteiger partial charge is 0.394 e. The van der Waals surface area contributed by atoms with Crippen molar-refractivity contribution < 1.29 is 10.2 Å². The van der Waals surface area contributed by atoms with Crippen molar-refractivity contribution in [3.63, 3.8) is 0 Å². The first kappa shape index (κ1) is 16.4. The van der Waals surface area contributed by atoms with Crippen molar-refractivity contribution in [2.24, 2.45) is 17.3 Å². The third-order valence-electron chi connectivity index (χ3n) is 6.68. The summed E-state index contributed by atoms with van der Waals surface area (Å²) in [7, 11) is 0. The van der Waals surface area contributed by atoms with Crippen LogP contribution in [0.3, 0.4) is 0 Å². The molecule has 4 bridgehead atoms. The third kappa shape index (κ3) is 2.76. The highest BCUT2D eigenvalue weighted by atomic mass is 16.3. The van der Waals surface area contributed by atoms with Crippen LogP contribution in [0.1, 0.15) is 44.3 Å². The predicted molar refractivity (Wildman–Crippen MR) is 96.1 cm³/mol. The fourth-order valence-corrected chi connectivity index (χ4v) is 6.35. The minimum atomic E-state index is -0.458. The highest BCUT2D eigenvalue weighted by Gasteiger charge is 2.57. The number of aliphatic hydroxyl groups is 2. The molecule has 2 heterocycles. The SMILES string of the molecule is OCCn1nc(-c2ccncc2)nc1CC12C[C@@H]3C[C@H](CC(O)(C3)C1)C2. The fourth-order valence-electron chi connectivity index (χ4n) is 6.35. The Hall–Kier alpha value is -1.79. The molecule has 138 valence electrons. The predicted octanol–water partition coefficient (Wildman–Crippen LogP) is 2.21. The standard InChI is InChI=1S/C20H26N4O2/c25-6-5-24-17(22-18(23-24)16-1-3-21-4-2-16)12-19-8-14-7-15(9-19)11-20(26,10-14)13-19/h1-4,14-15,25-26H,5-13H2/t14-,15-,19?,20?/m0/s1.